The zero-order valence-electron chi connectivity index (χ0n) is 21.4. The highest BCUT2D eigenvalue weighted by Crippen LogP contribution is 2.69. The Morgan fingerprint density at radius 3 is 2.44 bits per heavy atom. The number of rotatable bonds is 4. The average Bonchev–Trinajstić information content (AvgIpc) is 3.09. The minimum Gasteiger partial charge on any atom is -0.450 e. The fourth-order valence-corrected chi connectivity index (χ4v) is 9.24. The van der Waals surface area contributed by atoms with Crippen LogP contribution >= 0.6 is 0 Å². The normalized spacial score (nSPS) is 42.3. The minimum atomic E-state index is -0.991. The number of allylic oxidation sites excluding steroid dienone is 2. The van der Waals surface area contributed by atoms with Gasteiger partial charge in [0.25, 0.3) is 0 Å². The molecule has 0 spiro atoms. The smallest absolute Gasteiger partial charge is 0.307 e. The summed E-state index contributed by atoms with van der Waals surface area (Å²) in [5, 5.41) is 0. The maximum atomic E-state index is 13.3. The summed E-state index contributed by atoms with van der Waals surface area (Å²) in [6.07, 6.45) is 14.1. The van der Waals surface area contributed by atoms with Crippen LogP contribution < -0.4 is 0 Å². The van der Waals surface area contributed by atoms with Crippen LogP contribution in [0, 0.1) is 34.5 Å². The van der Waals surface area contributed by atoms with Crippen molar-refractivity contribution in [3.8, 4) is 0 Å². The van der Waals surface area contributed by atoms with Gasteiger partial charge in [0.2, 0.25) is 0 Å². The molecule has 0 N–H and O–H groups in total. The van der Waals surface area contributed by atoms with Crippen molar-refractivity contribution < 1.29 is 19.1 Å². The average molecular weight is 467 g/mol. The van der Waals surface area contributed by atoms with E-state index in [1.54, 1.807) is 6.92 Å². The minimum absolute atomic E-state index is 0.00558. The third-order valence-electron chi connectivity index (χ3n) is 11.1. The SMILES string of the molecule is C=C1C[C@@H]2[C@H](CC[C@@]3(C)[C@H]2CC[C@]3(OC(=O)CC2CCCCC2)C(C)=O)[C@@]2(C)CCC(=O)C=C12. The summed E-state index contributed by atoms with van der Waals surface area (Å²) in [4.78, 5) is 38.6. The lowest BCUT2D eigenvalue weighted by atomic mass is 9.45. The van der Waals surface area contributed by atoms with Gasteiger partial charge in [0.1, 0.15) is 0 Å². The Balaban J connectivity index is 1.41. The molecular weight excluding hydrogens is 424 g/mol. The van der Waals surface area contributed by atoms with E-state index in [4.69, 9.17) is 4.74 Å². The third kappa shape index (κ3) is 3.49. The molecule has 4 nitrogen and oxygen atoms in total. The number of Topliss-reactive ketones (excluding diaryl/α,β-unsaturated/α-hetero) is 1. The van der Waals surface area contributed by atoms with Crippen molar-refractivity contribution in [2.24, 2.45) is 34.5 Å². The molecule has 0 bridgehead atoms. The van der Waals surface area contributed by atoms with Gasteiger partial charge in [-0.3, -0.25) is 14.4 Å². The van der Waals surface area contributed by atoms with Crippen LogP contribution in [0.5, 0.6) is 0 Å². The molecule has 4 fully saturated rings. The Kier molecular flexibility index (Phi) is 5.97. The molecule has 0 aromatic carbocycles. The molecule has 0 aromatic heterocycles. The highest BCUT2D eigenvalue weighted by molar-refractivity contribution is 5.92. The number of hydrogen-bond acceptors (Lipinski definition) is 4. The van der Waals surface area contributed by atoms with Gasteiger partial charge in [0, 0.05) is 18.3 Å². The second-order valence-electron chi connectivity index (χ2n) is 12.7. The topological polar surface area (TPSA) is 60.4 Å². The van der Waals surface area contributed by atoms with Crippen LogP contribution in [0.15, 0.2) is 23.8 Å². The molecule has 0 saturated heterocycles. The molecule has 186 valence electrons. The van der Waals surface area contributed by atoms with E-state index in [-0.39, 0.29) is 28.4 Å². The lowest BCUT2D eigenvalue weighted by Gasteiger charge is -2.59. The second-order valence-corrected chi connectivity index (χ2v) is 12.7. The fourth-order valence-electron chi connectivity index (χ4n) is 9.24. The number of ether oxygens (including phenoxy) is 1. The van der Waals surface area contributed by atoms with Gasteiger partial charge in [-0.25, -0.2) is 0 Å². The first-order chi connectivity index (χ1) is 16.1. The van der Waals surface area contributed by atoms with Gasteiger partial charge in [0.05, 0.1) is 0 Å². The highest BCUT2D eigenvalue weighted by atomic mass is 16.6. The number of carbonyl (C=O) groups excluding carboxylic acids is 3. The molecule has 5 rings (SSSR count). The van der Waals surface area contributed by atoms with Crippen molar-refractivity contribution in [2.75, 3.05) is 0 Å². The molecule has 5 aliphatic carbocycles. The van der Waals surface area contributed by atoms with E-state index in [1.807, 2.05) is 6.08 Å². The number of esters is 1. The monoisotopic (exact) mass is 466 g/mol. The maximum Gasteiger partial charge on any atom is 0.307 e. The van der Waals surface area contributed by atoms with Crippen LogP contribution in [-0.4, -0.2) is 23.1 Å². The molecule has 6 atom stereocenters. The Morgan fingerprint density at radius 2 is 1.74 bits per heavy atom. The van der Waals surface area contributed by atoms with E-state index < -0.39 is 5.60 Å². The van der Waals surface area contributed by atoms with E-state index >= 15 is 0 Å². The Morgan fingerprint density at radius 1 is 1.03 bits per heavy atom. The Bertz CT molecular complexity index is 939. The van der Waals surface area contributed by atoms with Crippen LogP contribution in [-0.2, 0) is 19.1 Å². The lowest BCUT2D eigenvalue weighted by Crippen LogP contribution is -2.59. The molecule has 5 aliphatic rings. The zero-order chi connectivity index (χ0) is 24.3. The quantitative estimate of drug-likeness (QED) is 0.442. The summed E-state index contributed by atoms with van der Waals surface area (Å²) in [6.45, 7) is 10.6. The van der Waals surface area contributed by atoms with Crippen LogP contribution in [0.2, 0.25) is 0 Å². The van der Waals surface area contributed by atoms with E-state index in [0.29, 0.717) is 42.9 Å². The van der Waals surface area contributed by atoms with Gasteiger partial charge in [-0.1, -0.05) is 45.3 Å². The van der Waals surface area contributed by atoms with Crippen LogP contribution in [0.3, 0.4) is 0 Å². The number of ketones is 2. The molecular formula is C30H42O4. The molecule has 4 saturated carbocycles. The largest absolute Gasteiger partial charge is 0.450 e. The van der Waals surface area contributed by atoms with Crippen molar-refractivity contribution in [1.29, 1.82) is 0 Å². The number of fused-ring (bicyclic) bond motifs is 5. The third-order valence-corrected chi connectivity index (χ3v) is 11.1. The van der Waals surface area contributed by atoms with Gasteiger partial charge in [-0.2, -0.15) is 0 Å². The molecule has 0 unspecified atom stereocenters. The number of carbonyl (C=O) groups is 3. The van der Waals surface area contributed by atoms with Gasteiger partial charge < -0.3 is 4.74 Å². The Hall–Kier alpha value is -1.71. The van der Waals surface area contributed by atoms with E-state index in [1.165, 1.54) is 24.8 Å². The van der Waals surface area contributed by atoms with E-state index in [2.05, 4.69) is 20.4 Å². The predicted molar refractivity (Wildman–Crippen MR) is 132 cm³/mol. The standard InChI is InChI=1S/C30H42O4/c1-19-16-23-24(28(3)13-10-22(32)18-26(19)28)11-14-29(4)25(23)12-15-30(29,20(2)31)34-27(33)17-21-8-6-5-7-9-21/h18,21,23-25H,1,5-17H2,2-4H3/t23-,24+,25+,28-,29+,30+/m1/s1. The summed E-state index contributed by atoms with van der Waals surface area (Å²) in [5.41, 5.74) is 0.966. The zero-order valence-corrected chi connectivity index (χ0v) is 21.4. The Labute approximate surface area is 205 Å². The lowest BCUT2D eigenvalue weighted by molar-refractivity contribution is -0.189. The molecule has 34 heavy (non-hydrogen) atoms. The van der Waals surface area contributed by atoms with Gasteiger partial charge in [-0.15, -0.1) is 0 Å². The molecule has 0 amide bonds. The van der Waals surface area contributed by atoms with Crippen molar-refractivity contribution in [3.05, 3.63) is 23.8 Å². The van der Waals surface area contributed by atoms with Gasteiger partial charge in [0.15, 0.2) is 17.2 Å². The van der Waals surface area contributed by atoms with Crippen LogP contribution in [0.1, 0.15) is 104 Å². The highest BCUT2D eigenvalue weighted by Gasteiger charge is 2.68. The summed E-state index contributed by atoms with van der Waals surface area (Å²) >= 11 is 0. The predicted octanol–water partition coefficient (Wildman–Crippen LogP) is 6.53. The molecule has 0 heterocycles. The molecule has 0 aliphatic heterocycles. The first-order valence-electron chi connectivity index (χ1n) is 13.8. The summed E-state index contributed by atoms with van der Waals surface area (Å²) in [6, 6.07) is 0. The van der Waals surface area contributed by atoms with Crippen molar-refractivity contribution in [3.63, 3.8) is 0 Å². The summed E-state index contributed by atoms with van der Waals surface area (Å²) in [5.74, 6) is 1.77. The molecule has 0 aromatic rings. The fraction of sp³-hybridized carbons (Fsp3) is 0.767. The summed E-state index contributed by atoms with van der Waals surface area (Å²) < 4.78 is 6.32. The second kappa shape index (κ2) is 8.45. The van der Waals surface area contributed by atoms with E-state index in [0.717, 1.165) is 50.5 Å². The van der Waals surface area contributed by atoms with Gasteiger partial charge >= 0.3 is 5.97 Å². The molecule has 4 heteroatoms. The van der Waals surface area contributed by atoms with Crippen LogP contribution in [0.25, 0.3) is 0 Å². The van der Waals surface area contributed by atoms with Crippen molar-refractivity contribution >= 4 is 17.5 Å². The van der Waals surface area contributed by atoms with Crippen molar-refractivity contribution in [2.45, 2.75) is 110 Å². The molecule has 0 radical (unpaired) electrons. The van der Waals surface area contributed by atoms with Crippen LogP contribution in [0.4, 0.5) is 0 Å². The first kappa shape index (κ1) is 24.0. The summed E-state index contributed by atoms with van der Waals surface area (Å²) in [7, 11) is 0. The maximum absolute atomic E-state index is 13.3. The van der Waals surface area contributed by atoms with E-state index in [9.17, 15) is 14.4 Å². The van der Waals surface area contributed by atoms with Crippen molar-refractivity contribution in [1.82, 2.24) is 0 Å². The first-order valence-corrected chi connectivity index (χ1v) is 13.8. The number of hydrogen-bond donors (Lipinski definition) is 0. The van der Waals surface area contributed by atoms with Gasteiger partial charge in [-0.05, 0) is 99.0 Å².